The third-order valence-electron chi connectivity index (χ3n) is 4.29. The van der Waals surface area contributed by atoms with Crippen LogP contribution < -0.4 is 0 Å². The summed E-state index contributed by atoms with van der Waals surface area (Å²) < 4.78 is 0. The summed E-state index contributed by atoms with van der Waals surface area (Å²) in [5.41, 5.74) is 0.610. The van der Waals surface area contributed by atoms with E-state index in [2.05, 4.69) is 44.7 Å². The van der Waals surface area contributed by atoms with Gasteiger partial charge in [0, 0.05) is 18.6 Å². The molecule has 0 amide bonds. The summed E-state index contributed by atoms with van der Waals surface area (Å²) in [6, 6.07) is 1.52. The van der Waals surface area contributed by atoms with Gasteiger partial charge in [0.15, 0.2) is 0 Å². The molecule has 1 atom stereocenters. The maximum Gasteiger partial charge on any atom is 0.0127 e. The minimum Gasteiger partial charge on any atom is -0.297 e. The van der Waals surface area contributed by atoms with Crippen molar-refractivity contribution < 1.29 is 0 Å². The van der Waals surface area contributed by atoms with Crippen molar-refractivity contribution in [3.05, 3.63) is 12.2 Å². The lowest BCUT2D eigenvalue weighted by atomic mass is 9.81. The van der Waals surface area contributed by atoms with Gasteiger partial charge < -0.3 is 0 Å². The van der Waals surface area contributed by atoms with Gasteiger partial charge in [0.25, 0.3) is 0 Å². The molecule has 1 spiro atoms. The number of likely N-dealkylation sites (tertiary alicyclic amines) is 1. The van der Waals surface area contributed by atoms with Crippen LogP contribution in [0.3, 0.4) is 0 Å². The van der Waals surface area contributed by atoms with Gasteiger partial charge in [-0.1, -0.05) is 26.0 Å². The molecule has 1 nitrogen and oxygen atoms in total. The van der Waals surface area contributed by atoms with Crippen molar-refractivity contribution in [3.63, 3.8) is 0 Å². The average Bonchev–Trinajstić information content (AvgIpc) is 2.74. The third-order valence-corrected chi connectivity index (χ3v) is 4.29. The van der Waals surface area contributed by atoms with Crippen molar-refractivity contribution in [1.82, 2.24) is 4.90 Å². The molecule has 1 fully saturated rings. The van der Waals surface area contributed by atoms with E-state index in [0.29, 0.717) is 11.5 Å². The summed E-state index contributed by atoms with van der Waals surface area (Å²) in [6.07, 6.45) is 8.83. The predicted molar refractivity (Wildman–Crippen MR) is 65.9 cm³/mol. The van der Waals surface area contributed by atoms with Crippen LogP contribution >= 0.6 is 0 Å². The van der Waals surface area contributed by atoms with Gasteiger partial charge in [-0.05, 0) is 44.4 Å². The van der Waals surface area contributed by atoms with Crippen LogP contribution in [0.2, 0.25) is 0 Å². The predicted octanol–water partition coefficient (Wildman–Crippen LogP) is 3.46. The molecule has 0 saturated carbocycles. The topological polar surface area (TPSA) is 3.24 Å². The van der Waals surface area contributed by atoms with E-state index >= 15 is 0 Å². The Morgan fingerprint density at radius 1 is 1.13 bits per heavy atom. The van der Waals surface area contributed by atoms with E-state index in [9.17, 15) is 0 Å². The summed E-state index contributed by atoms with van der Waals surface area (Å²) >= 11 is 0. The molecule has 1 saturated heterocycles. The second kappa shape index (κ2) is 3.93. The second-order valence-electron chi connectivity index (χ2n) is 6.16. The molecule has 2 rings (SSSR count). The monoisotopic (exact) mass is 207 g/mol. The van der Waals surface area contributed by atoms with E-state index in [1.807, 2.05) is 0 Å². The SMILES string of the molecule is CC(C)C1CC2(CC=CC2)CN1C(C)C. The molecule has 1 heteroatoms. The first-order valence-electron chi connectivity index (χ1n) is 6.45. The van der Waals surface area contributed by atoms with Gasteiger partial charge in [0.05, 0.1) is 0 Å². The van der Waals surface area contributed by atoms with Crippen molar-refractivity contribution in [2.75, 3.05) is 6.54 Å². The molecule has 0 bridgehead atoms. The number of rotatable bonds is 2. The molecule has 86 valence electrons. The smallest absolute Gasteiger partial charge is 0.0127 e. The molecule has 15 heavy (non-hydrogen) atoms. The lowest BCUT2D eigenvalue weighted by molar-refractivity contribution is 0.159. The van der Waals surface area contributed by atoms with Crippen molar-refractivity contribution in [1.29, 1.82) is 0 Å². The largest absolute Gasteiger partial charge is 0.297 e. The summed E-state index contributed by atoms with van der Waals surface area (Å²) in [5.74, 6) is 0.798. The fraction of sp³-hybridized carbons (Fsp3) is 0.857. The van der Waals surface area contributed by atoms with Gasteiger partial charge in [-0.2, -0.15) is 0 Å². The van der Waals surface area contributed by atoms with Crippen LogP contribution in [0.25, 0.3) is 0 Å². The van der Waals surface area contributed by atoms with Gasteiger partial charge >= 0.3 is 0 Å². The molecule has 1 unspecified atom stereocenters. The highest BCUT2D eigenvalue weighted by Crippen LogP contribution is 2.46. The van der Waals surface area contributed by atoms with Crippen molar-refractivity contribution in [2.24, 2.45) is 11.3 Å². The first-order chi connectivity index (χ1) is 7.04. The van der Waals surface area contributed by atoms with Crippen LogP contribution in [0.1, 0.15) is 47.0 Å². The maximum absolute atomic E-state index is 2.73. The van der Waals surface area contributed by atoms with E-state index < -0.39 is 0 Å². The van der Waals surface area contributed by atoms with E-state index in [0.717, 1.165) is 12.0 Å². The molecular weight excluding hydrogens is 182 g/mol. The van der Waals surface area contributed by atoms with Crippen molar-refractivity contribution in [2.45, 2.75) is 59.0 Å². The quantitative estimate of drug-likeness (QED) is 0.627. The Kier molecular flexibility index (Phi) is 2.94. The molecule has 2 aliphatic rings. The Balaban J connectivity index is 2.12. The zero-order valence-electron chi connectivity index (χ0n) is 10.7. The van der Waals surface area contributed by atoms with Crippen molar-refractivity contribution in [3.8, 4) is 0 Å². The lowest BCUT2D eigenvalue weighted by Gasteiger charge is -2.31. The fourth-order valence-corrected chi connectivity index (χ4v) is 3.36. The van der Waals surface area contributed by atoms with Crippen LogP contribution in [0.5, 0.6) is 0 Å². The van der Waals surface area contributed by atoms with Gasteiger partial charge in [0.1, 0.15) is 0 Å². The van der Waals surface area contributed by atoms with Crippen LogP contribution in [-0.4, -0.2) is 23.5 Å². The molecule has 1 aliphatic heterocycles. The standard InChI is InChI=1S/C14H25N/c1-11(2)13-9-14(7-5-6-8-14)10-15(13)12(3)4/h5-6,11-13H,7-10H2,1-4H3. The Bertz CT molecular complexity index is 226. The van der Waals surface area contributed by atoms with E-state index in [-0.39, 0.29) is 0 Å². The minimum atomic E-state index is 0.610. The van der Waals surface area contributed by atoms with E-state index in [1.165, 1.54) is 25.8 Å². The lowest BCUT2D eigenvalue weighted by Crippen LogP contribution is -2.38. The normalized spacial score (nSPS) is 30.1. The van der Waals surface area contributed by atoms with Gasteiger partial charge in [-0.3, -0.25) is 4.90 Å². The molecule has 0 N–H and O–H groups in total. The van der Waals surface area contributed by atoms with E-state index in [1.54, 1.807) is 0 Å². The molecule has 0 aromatic rings. The van der Waals surface area contributed by atoms with Crippen LogP contribution in [0, 0.1) is 11.3 Å². The first kappa shape index (κ1) is 11.2. The zero-order valence-corrected chi connectivity index (χ0v) is 10.7. The summed E-state index contributed by atoms with van der Waals surface area (Å²) in [7, 11) is 0. The molecule has 0 aromatic heterocycles. The highest BCUT2D eigenvalue weighted by molar-refractivity contribution is 5.09. The third kappa shape index (κ3) is 1.99. The van der Waals surface area contributed by atoms with Gasteiger partial charge in [-0.25, -0.2) is 0 Å². The van der Waals surface area contributed by atoms with Crippen LogP contribution in [0.15, 0.2) is 12.2 Å². The Morgan fingerprint density at radius 2 is 1.73 bits per heavy atom. The molecule has 0 aromatic carbocycles. The summed E-state index contributed by atoms with van der Waals surface area (Å²) in [5, 5.41) is 0. The van der Waals surface area contributed by atoms with Crippen LogP contribution in [0.4, 0.5) is 0 Å². The van der Waals surface area contributed by atoms with Gasteiger partial charge in [-0.15, -0.1) is 0 Å². The number of allylic oxidation sites excluding steroid dienone is 2. The van der Waals surface area contributed by atoms with Crippen LogP contribution in [-0.2, 0) is 0 Å². The molecular formula is C14H25N. The first-order valence-corrected chi connectivity index (χ1v) is 6.45. The Labute approximate surface area is 94.5 Å². The fourth-order valence-electron chi connectivity index (χ4n) is 3.36. The van der Waals surface area contributed by atoms with Gasteiger partial charge in [0.2, 0.25) is 0 Å². The maximum atomic E-state index is 2.73. The second-order valence-corrected chi connectivity index (χ2v) is 6.16. The minimum absolute atomic E-state index is 0.610. The number of nitrogens with zero attached hydrogens (tertiary/aromatic N) is 1. The van der Waals surface area contributed by atoms with E-state index in [4.69, 9.17) is 0 Å². The molecule has 1 heterocycles. The summed E-state index contributed by atoms with van der Waals surface area (Å²) in [4.78, 5) is 2.73. The summed E-state index contributed by atoms with van der Waals surface area (Å²) in [6.45, 7) is 10.8. The zero-order chi connectivity index (χ0) is 11.1. The molecule has 0 radical (unpaired) electrons. The number of hydrogen-bond acceptors (Lipinski definition) is 1. The average molecular weight is 207 g/mol. The highest BCUT2D eigenvalue weighted by atomic mass is 15.2. The Hall–Kier alpha value is -0.300. The molecule has 1 aliphatic carbocycles. The Morgan fingerprint density at radius 3 is 2.13 bits per heavy atom. The highest BCUT2D eigenvalue weighted by Gasteiger charge is 2.45. The number of hydrogen-bond donors (Lipinski definition) is 0. The van der Waals surface area contributed by atoms with Crippen molar-refractivity contribution >= 4 is 0 Å².